The van der Waals surface area contributed by atoms with Gasteiger partial charge in [0.15, 0.2) is 5.75 Å². The van der Waals surface area contributed by atoms with Crippen LogP contribution in [0.25, 0.3) is 0 Å². The van der Waals surface area contributed by atoms with Crippen LogP contribution in [0.4, 0.5) is 4.39 Å². The van der Waals surface area contributed by atoms with Crippen LogP contribution < -0.4 is 10.1 Å². The Morgan fingerprint density at radius 1 is 1.45 bits per heavy atom. The summed E-state index contributed by atoms with van der Waals surface area (Å²) >= 11 is 0. The van der Waals surface area contributed by atoms with Gasteiger partial charge >= 0.3 is 0 Å². The monoisotopic (exact) mass is 275 g/mol. The molecule has 3 rings (SSSR count). The molecule has 1 aliphatic heterocycles. The van der Waals surface area contributed by atoms with Gasteiger partial charge in [0.05, 0.1) is 17.9 Å². The van der Waals surface area contributed by atoms with E-state index in [4.69, 9.17) is 4.74 Å². The van der Waals surface area contributed by atoms with Crippen molar-refractivity contribution in [2.24, 2.45) is 0 Å². The van der Waals surface area contributed by atoms with Crippen molar-refractivity contribution < 1.29 is 9.13 Å². The molecule has 4 nitrogen and oxygen atoms in total. The minimum Gasteiger partial charge on any atom is -0.454 e. The molecule has 0 saturated carbocycles. The first-order valence-corrected chi connectivity index (χ1v) is 6.92. The molecule has 1 saturated heterocycles. The maximum atomic E-state index is 13.2. The van der Waals surface area contributed by atoms with Crippen molar-refractivity contribution in [3.05, 3.63) is 42.0 Å². The van der Waals surface area contributed by atoms with Crippen LogP contribution in [-0.2, 0) is 0 Å². The number of nitrogens with one attached hydrogen (secondary N) is 1. The first-order valence-electron chi connectivity index (χ1n) is 6.92. The Morgan fingerprint density at radius 2 is 2.35 bits per heavy atom. The Morgan fingerprint density at radius 3 is 3.10 bits per heavy atom. The number of nitrogens with zero attached hydrogens (tertiary/aromatic N) is 2. The third kappa shape index (κ3) is 2.67. The summed E-state index contributed by atoms with van der Waals surface area (Å²) < 4.78 is 20.9. The molecular formula is C15H18FN3O. The van der Waals surface area contributed by atoms with E-state index in [2.05, 4.69) is 10.4 Å². The molecule has 1 aromatic heterocycles. The molecule has 0 radical (unpaired) electrons. The van der Waals surface area contributed by atoms with E-state index in [-0.39, 0.29) is 5.82 Å². The van der Waals surface area contributed by atoms with E-state index in [0.717, 1.165) is 31.6 Å². The third-order valence-electron chi connectivity index (χ3n) is 3.64. The van der Waals surface area contributed by atoms with Gasteiger partial charge in [-0.15, -0.1) is 0 Å². The molecule has 0 spiro atoms. The molecule has 5 heteroatoms. The summed E-state index contributed by atoms with van der Waals surface area (Å²) in [5.41, 5.74) is 0.975. The minimum absolute atomic E-state index is 0.302. The highest BCUT2D eigenvalue weighted by atomic mass is 19.1. The van der Waals surface area contributed by atoms with Gasteiger partial charge in [-0.2, -0.15) is 5.10 Å². The number of piperidine rings is 1. The smallest absolute Gasteiger partial charge is 0.168 e. The van der Waals surface area contributed by atoms with Gasteiger partial charge in [0.1, 0.15) is 11.6 Å². The number of ether oxygens (including phenoxy) is 1. The summed E-state index contributed by atoms with van der Waals surface area (Å²) in [5.74, 6) is 0.875. The standard InChI is InChI=1S/C15H18FN3O/c1-11-15(20-14-6-2-4-12(16)8-14)10-18-19(11)13-5-3-7-17-9-13/h2,4,6,8,10,13,17H,3,5,7,9H2,1H3. The van der Waals surface area contributed by atoms with E-state index in [1.54, 1.807) is 18.3 Å². The quantitative estimate of drug-likeness (QED) is 0.935. The molecular weight excluding hydrogens is 257 g/mol. The number of hydrogen-bond donors (Lipinski definition) is 1. The molecule has 1 N–H and O–H groups in total. The van der Waals surface area contributed by atoms with Crippen molar-refractivity contribution in [1.82, 2.24) is 15.1 Å². The Bertz CT molecular complexity index is 591. The van der Waals surface area contributed by atoms with Crippen LogP contribution in [0.15, 0.2) is 30.5 Å². The first kappa shape index (κ1) is 13.1. The zero-order chi connectivity index (χ0) is 13.9. The van der Waals surface area contributed by atoms with Crippen LogP contribution >= 0.6 is 0 Å². The number of hydrogen-bond acceptors (Lipinski definition) is 3. The molecule has 20 heavy (non-hydrogen) atoms. The minimum atomic E-state index is -0.302. The van der Waals surface area contributed by atoms with E-state index in [1.807, 2.05) is 11.6 Å². The van der Waals surface area contributed by atoms with Crippen molar-refractivity contribution in [2.75, 3.05) is 13.1 Å². The molecule has 0 amide bonds. The van der Waals surface area contributed by atoms with Crippen molar-refractivity contribution >= 4 is 0 Å². The Labute approximate surface area is 117 Å². The van der Waals surface area contributed by atoms with E-state index in [0.29, 0.717) is 17.5 Å². The van der Waals surface area contributed by atoms with Gasteiger partial charge in [0.25, 0.3) is 0 Å². The average Bonchev–Trinajstić information content (AvgIpc) is 2.81. The predicted molar refractivity (Wildman–Crippen MR) is 74.6 cm³/mol. The van der Waals surface area contributed by atoms with Crippen LogP contribution in [0, 0.1) is 12.7 Å². The molecule has 106 valence electrons. The fourth-order valence-corrected chi connectivity index (χ4v) is 2.58. The largest absolute Gasteiger partial charge is 0.454 e. The summed E-state index contributed by atoms with van der Waals surface area (Å²) in [6.07, 6.45) is 3.98. The van der Waals surface area contributed by atoms with Crippen molar-refractivity contribution in [3.63, 3.8) is 0 Å². The molecule has 2 heterocycles. The molecule has 1 aromatic carbocycles. The Balaban J connectivity index is 1.79. The van der Waals surface area contributed by atoms with Gasteiger partial charge in [-0.05, 0) is 38.4 Å². The van der Waals surface area contributed by atoms with Gasteiger partial charge in [-0.25, -0.2) is 4.39 Å². The zero-order valence-electron chi connectivity index (χ0n) is 11.5. The second-order valence-electron chi connectivity index (χ2n) is 5.10. The summed E-state index contributed by atoms with van der Waals surface area (Å²) in [6.45, 7) is 3.99. The molecule has 1 unspecified atom stereocenters. The number of halogens is 1. The molecule has 2 aromatic rings. The van der Waals surface area contributed by atoms with Crippen LogP contribution in [0.5, 0.6) is 11.5 Å². The highest BCUT2D eigenvalue weighted by Crippen LogP contribution is 2.28. The number of benzene rings is 1. The summed E-state index contributed by atoms with van der Waals surface area (Å²) in [7, 11) is 0. The van der Waals surface area contributed by atoms with Crippen LogP contribution in [0.2, 0.25) is 0 Å². The highest BCUT2D eigenvalue weighted by molar-refractivity contribution is 5.32. The first-order chi connectivity index (χ1) is 9.74. The molecule has 1 atom stereocenters. The molecule has 1 fully saturated rings. The number of aromatic nitrogens is 2. The maximum Gasteiger partial charge on any atom is 0.168 e. The summed E-state index contributed by atoms with van der Waals surface area (Å²) in [4.78, 5) is 0. The summed E-state index contributed by atoms with van der Waals surface area (Å²) in [5, 5.41) is 7.79. The second-order valence-corrected chi connectivity index (χ2v) is 5.10. The highest BCUT2D eigenvalue weighted by Gasteiger charge is 2.19. The normalized spacial score (nSPS) is 19.0. The second kappa shape index (κ2) is 5.63. The van der Waals surface area contributed by atoms with Gasteiger partial charge < -0.3 is 10.1 Å². The molecule has 0 aliphatic carbocycles. The van der Waals surface area contributed by atoms with Crippen molar-refractivity contribution in [1.29, 1.82) is 0 Å². The van der Waals surface area contributed by atoms with Gasteiger partial charge in [0.2, 0.25) is 0 Å². The van der Waals surface area contributed by atoms with Crippen molar-refractivity contribution in [2.45, 2.75) is 25.8 Å². The van der Waals surface area contributed by atoms with Crippen LogP contribution in [-0.4, -0.2) is 22.9 Å². The molecule has 0 bridgehead atoms. The van der Waals surface area contributed by atoms with Gasteiger partial charge in [-0.1, -0.05) is 6.07 Å². The lowest BCUT2D eigenvalue weighted by molar-refractivity contribution is 0.340. The van der Waals surface area contributed by atoms with Crippen LogP contribution in [0.1, 0.15) is 24.6 Å². The lowest BCUT2D eigenvalue weighted by Crippen LogP contribution is -2.32. The van der Waals surface area contributed by atoms with E-state index < -0.39 is 0 Å². The van der Waals surface area contributed by atoms with Crippen LogP contribution in [0.3, 0.4) is 0 Å². The Kier molecular flexibility index (Phi) is 3.69. The average molecular weight is 275 g/mol. The lowest BCUT2D eigenvalue weighted by atomic mass is 10.1. The lowest BCUT2D eigenvalue weighted by Gasteiger charge is -2.24. The topological polar surface area (TPSA) is 39.1 Å². The van der Waals surface area contributed by atoms with E-state index >= 15 is 0 Å². The maximum absolute atomic E-state index is 13.2. The zero-order valence-corrected chi connectivity index (χ0v) is 11.5. The molecule has 1 aliphatic rings. The third-order valence-corrected chi connectivity index (χ3v) is 3.64. The van der Waals surface area contributed by atoms with Gasteiger partial charge in [-0.3, -0.25) is 4.68 Å². The van der Waals surface area contributed by atoms with Gasteiger partial charge in [0, 0.05) is 12.6 Å². The number of rotatable bonds is 3. The predicted octanol–water partition coefficient (Wildman–Crippen LogP) is 3.05. The van der Waals surface area contributed by atoms with E-state index in [1.165, 1.54) is 12.1 Å². The SMILES string of the molecule is Cc1c(Oc2cccc(F)c2)cnn1C1CCCNC1. The fraction of sp³-hybridized carbons (Fsp3) is 0.400. The Hall–Kier alpha value is -1.88. The summed E-state index contributed by atoms with van der Waals surface area (Å²) in [6, 6.07) is 6.52. The van der Waals surface area contributed by atoms with Crippen molar-refractivity contribution in [3.8, 4) is 11.5 Å². The fourth-order valence-electron chi connectivity index (χ4n) is 2.58. The van der Waals surface area contributed by atoms with E-state index in [9.17, 15) is 4.39 Å².